The van der Waals surface area contributed by atoms with Crippen LogP contribution in [0.15, 0.2) is 90.4 Å². The number of hydrazine groups is 1. The Morgan fingerprint density at radius 1 is 1.15 bits per heavy atom. The van der Waals surface area contributed by atoms with Gasteiger partial charge in [0.25, 0.3) is 5.91 Å². The van der Waals surface area contributed by atoms with Crippen LogP contribution < -0.4 is 20.3 Å². The molecule has 1 heterocycles. The molecule has 0 fully saturated rings. The van der Waals surface area contributed by atoms with Crippen LogP contribution in [-0.4, -0.2) is 49.3 Å². The van der Waals surface area contributed by atoms with Gasteiger partial charge in [0, 0.05) is 36.6 Å². The Morgan fingerprint density at radius 3 is 2.67 bits per heavy atom. The molecule has 1 amide bonds. The Hall–Kier alpha value is -3.85. The summed E-state index contributed by atoms with van der Waals surface area (Å²) in [6.45, 7) is 4.86. The van der Waals surface area contributed by atoms with E-state index in [1.807, 2.05) is 72.8 Å². The number of ether oxygens (including phenoxy) is 3. The van der Waals surface area contributed by atoms with E-state index >= 15 is 0 Å². The van der Waals surface area contributed by atoms with Crippen molar-refractivity contribution in [3.05, 3.63) is 107 Å². The van der Waals surface area contributed by atoms with Crippen molar-refractivity contribution in [2.45, 2.75) is 30.9 Å². The van der Waals surface area contributed by atoms with Crippen molar-refractivity contribution in [1.29, 1.82) is 0 Å². The van der Waals surface area contributed by atoms with Gasteiger partial charge in [-0.25, -0.2) is 10.4 Å². The molecule has 0 saturated heterocycles. The SMILES string of the molecule is C=CC[C@]1(C(=O)NNCCc2ccccc2Cl)N=C(c2ccc(OCCCO)cc2)O[C@H]1c1cccc(OC)c1. The van der Waals surface area contributed by atoms with E-state index in [1.54, 1.807) is 13.2 Å². The number of nitrogens with one attached hydrogen (secondary N) is 2. The lowest BCUT2D eigenvalue weighted by Gasteiger charge is -2.29. The second-order valence-corrected chi connectivity index (χ2v) is 9.69. The molecule has 9 heteroatoms. The Balaban J connectivity index is 1.59. The fraction of sp³-hybridized carbons (Fsp3) is 0.290. The summed E-state index contributed by atoms with van der Waals surface area (Å²) in [6.07, 6.45) is 2.35. The Labute approximate surface area is 239 Å². The van der Waals surface area contributed by atoms with E-state index in [0.717, 1.165) is 11.1 Å². The number of aliphatic hydroxyl groups is 1. The van der Waals surface area contributed by atoms with Gasteiger partial charge < -0.3 is 19.3 Å². The number of methoxy groups -OCH3 is 1. The molecule has 1 aliphatic rings. The van der Waals surface area contributed by atoms with E-state index in [4.69, 9.17) is 35.9 Å². The molecule has 4 rings (SSSR count). The fourth-order valence-corrected chi connectivity index (χ4v) is 4.72. The quantitative estimate of drug-likeness (QED) is 0.148. The number of amides is 1. The van der Waals surface area contributed by atoms with Gasteiger partial charge in [-0.1, -0.05) is 48.0 Å². The van der Waals surface area contributed by atoms with Crippen molar-refractivity contribution in [2.75, 3.05) is 26.9 Å². The highest BCUT2D eigenvalue weighted by Crippen LogP contribution is 2.43. The molecule has 2 atom stereocenters. The molecule has 0 aliphatic carbocycles. The smallest absolute Gasteiger partial charge is 0.266 e. The van der Waals surface area contributed by atoms with Crippen LogP contribution >= 0.6 is 11.6 Å². The number of halogens is 1. The first-order valence-corrected chi connectivity index (χ1v) is 13.5. The number of hydrogen-bond acceptors (Lipinski definition) is 7. The van der Waals surface area contributed by atoms with Crippen molar-refractivity contribution in [1.82, 2.24) is 10.9 Å². The molecule has 3 aromatic carbocycles. The molecule has 0 spiro atoms. The molecule has 1 aliphatic heterocycles. The molecule has 210 valence electrons. The van der Waals surface area contributed by atoms with Crippen LogP contribution in [0.5, 0.6) is 11.5 Å². The maximum Gasteiger partial charge on any atom is 0.266 e. The number of nitrogens with zero attached hydrogens (tertiary/aromatic N) is 1. The van der Waals surface area contributed by atoms with Crippen molar-refractivity contribution in [3.63, 3.8) is 0 Å². The van der Waals surface area contributed by atoms with Crippen molar-refractivity contribution >= 4 is 23.4 Å². The van der Waals surface area contributed by atoms with Crippen LogP contribution in [-0.2, 0) is 16.0 Å². The molecule has 0 aromatic heterocycles. The van der Waals surface area contributed by atoms with E-state index in [-0.39, 0.29) is 18.9 Å². The summed E-state index contributed by atoms with van der Waals surface area (Å²) in [4.78, 5) is 18.7. The first-order valence-electron chi connectivity index (χ1n) is 13.1. The van der Waals surface area contributed by atoms with Gasteiger partial charge in [-0.15, -0.1) is 6.58 Å². The van der Waals surface area contributed by atoms with Gasteiger partial charge in [-0.05, 0) is 60.0 Å². The van der Waals surface area contributed by atoms with E-state index < -0.39 is 11.6 Å². The van der Waals surface area contributed by atoms with Gasteiger partial charge in [-0.2, -0.15) is 0 Å². The van der Waals surface area contributed by atoms with Crippen LogP contribution in [0, 0.1) is 0 Å². The van der Waals surface area contributed by atoms with Gasteiger partial charge >= 0.3 is 0 Å². The predicted octanol–water partition coefficient (Wildman–Crippen LogP) is 4.81. The van der Waals surface area contributed by atoms with Crippen LogP contribution in [0.4, 0.5) is 0 Å². The van der Waals surface area contributed by atoms with E-state index in [1.165, 1.54) is 0 Å². The molecule has 3 N–H and O–H groups in total. The molecule has 0 bridgehead atoms. The Kier molecular flexibility index (Phi) is 10.2. The standard InChI is InChI=1S/C31H34ClN3O5/c1-3-17-31(30(37)35-33-18-16-22-8-4-5-11-27(22)32)28(24-9-6-10-26(21-24)38-2)40-29(34-31)23-12-14-25(15-13-23)39-20-7-19-36/h3-6,8-15,21,28,33,36H,1,7,16-20H2,2H3,(H,35,37)/t28-,31-/m0/s1. The molecular formula is C31H34ClN3O5. The summed E-state index contributed by atoms with van der Waals surface area (Å²) < 4.78 is 17.5. The molecule has 40 heavy (non-hydrogen) atoms. The lowest BCUT2D eigenvalue weighted by atomic mass is 9.84. The highest BCUT2D eigenvalue weighted by molar-refractivity contribution is 6.31. The minimum absolute atomic E-state index is 0.0662. The number of hydrogen-bond donors (Lipinski definition) is 3. The second kappa shape index (κ2) is 14.0. The zero-order valence-electron chi connectivity index (χ0n) is 22.4. The van der Waals surface area contributed by atoms with E-state index in [2.05, 4.69) is 17.4 Å². The molecule has 0 radical (unpaired) electrons. The number of aliphatic hydroxyl groups excluding tert-OH is 1. The predicted molar refractivity (Wildman–Crippen MR) is 156 cm³/mol. The first kappa shape index (κ1) is 29.1. The molecular weight excluding hydrogens is 530 g/mol. The van der Waals surface area contributed by atoms with E-state index in [9.17, 15) is 4.79 Å². The number of benzene rings is 3. The summed E-state index contributed by atoms with van der Waals surface area (Å²) >= 11 is 6.27. The van der Waals surface area contributed by atoms with Crippen LogP contribution in [0.3, 0.4) is 0 Å². The number of carbonyl (C=O) groups excluding carboxylic acids is 1. The van der Waals surface area contributed by atoms with E-state index in [0.29, 0.717) is 54.0 Å². The molecule has 0 unspecified atom stereocenters. The van der Waals surface area contributed by atoms with Gasteiger partial charge in [0.05, 0.1) is 13.7 Å². The van der Waals surface area contributed by atoms with Crippen LogP contribution in [0.25, 0.3) is 0 Å². The van der Waals surface area contributed by atoms with Gasteiger partial charge in [-0.3, -0.25) is 10.2 Å². The number of carbonyl (C=O) groups is 1. The van der Waals surface area contributed by atoms with Gasteiger partial charge in [0.15, 0.2) is 11.6 Å². The van der Waals surface area contributed by atoms with Crippen molar-refractivity contribution in [2.24, 2.45) is 4.99 Å². The largest absolute Gasteiger partial charge is 0.497 e. The average Bonchev–Trinajstić information content (AvgIpc) is 3.37. The molecule has 8 nitrogen and oxygen atoms in total. The summed E-state index contributed by atoms with van der Waals surface area (Å²) in [5.41, 5.74) is 6.97. The van der Waals surface area contributed by atoms with Crippen LogP contribution in [0.2, 0.25) is 5.02 Å². The monoisotopic (exact) mass is 563 g/mol. The zero-order chi connectivity index (χ0) is 28.4. The summed E-state index contributed by atoms with van der Waals surface area (Å²) in [6, 6.07) is 22.3. The number of aliphatic imine (C=N–C) groups is 1. The van der Waals surface area contributed by atoms with Gasteiger partial charge in [0.1, 0.15) is 11.5 Å². The lowest BCUT2D eigenvalue weighted by Crippen LogP contribution is -2.52. The minimum Gasteiger partial charge on any atom is -0.497 e. The highest BCUT2D eigenvalue weighted by atomic mass is 35.5. The normalized spacial score (nSPS) is 18.0. The molecule has 3 aromatic rings. The number of rotatable bonds is 14. The Morgan fingerprint density at radius 2 is 1.95 bits per heavy atom. The summed E-state index contributed by atoms with van der Waals surface area (Å²) in [7, 11) is 1.59. The third kappa shape index (κ3) is 6.83. The highest BCUT2D eigenvalue weighted by Gasteiger charge is 2.52. The maximum absolute atomic E-state index is 13.8. The van der Waals surface area contributed by atoms with Crippen LogP contribution in [0.1, 0.15) is 35.6 Å². The zero-order valence-corrected chi connectivity index (χ0v) is 23.2. The second-order valence-electron chi connectivity index (χ2n) is 9.28. The fourth-order valence-electron chi connectivity index (χ4n) is 4.49. The minimum atomic E-state index is -1.32. The van der Waals surface area contributed by atoms with Crippen molar-refractivity contribution in [3.8, 4) is 11.5 Å². The van der Waals surface area contributed by atoms with Crippen molar-refractivity contribution < 1.29 is 24.1 Å². The molecule has 0 saturated carbocycles. The third-order valence-corrected chi connectivity index (χ3v) is 6.93. The summed E-state index contributed by atoms with van der Waals surface area (Å²) in [5, 5.41) is 9.66. The topological polar surface area (TPSA) is 101 Å². The maximum atomic E-state index is 13.8. The lowest BCUT2D eigenvalue weighted by molar-refractivity contribution is -0.129. The van der Waals surface area contributed by atoms with Gasteiger partial charge in [0.2, 0.25) is 5.90 Å². The Bertz CT molecular complexity index is 1330. The third-order valence-electron chi connectivity index (χ3n) is 6.56. The summed E-state index contributed by atoms with van der Waals surface area (Å²) in [5.74, 6) is 1.30. The first-order chi connectivity index (χ1) is 19.5. The average molecular weight is 564 g/mol.